The second kappa shape index (κ2) is 8.76. The minimum absolute atomic E-state index is 0.00863. The average Bonchev–Trinajstić information content (AvgIpc) is 2.88. The molecule has 4 rings (SSSR count). The second-order valence-electron chi connectivity index (χ2n) is 7.54. The molecule has 1 N–H and O–H groups in total. The van der Waals surface area contributed by atoms with Crippen molar-refractivity contribution in [2.75, 3.05) is 16.8 Å². The Morgan fingerprint density at radius 1 is 1.03 bits per heavy atom. The van der Waals surface area contributed by atoms with Gasteiger partial charge in [-0.25, -0.2) is 0 Å². The van der Waals surface area contributed by atoms with E-state index in [1.807, 2.05) is 74.5 Å². The molecule has 3 aromatic carbocycles. The highest BCUT2D eigenvalue weighted by Crippen LogP contribution is 2.45. The number of aryl methyl sites for hydroxylation is 2. The highest BCUT2D eigenvalue weighted by molar-refractivity contribution is 7.99. The molecule has 152 valence electrons. The molecule has 1 heterocycles. The molecule has 1 unspecified atom stereocenters. The number of carbonyl (C=O) groups excluding carboxylic acids is 2. The summed E-state index contributed by atoms with van der Waals surface area (Å²) in [6.45, 7) is 3.94. The van der Waals surface area contributed by atoms with Crippen LogP contribution in [-0.2, 0) is 9.59 Å². The molecule has 5 heteroatoms. The van der Waals surface area contributed by atoms with Gasteiger partial charge in [-0.3, -0.25) is 9.59 Å². The SMILES string of the molecule is Cc1ccc(C)c(NC(=O)CN2C(=O)CC(c3ccccc3)Sc3ccccc32)c1. The highest BCUT2D eigenvalue weighted by atomic mass is 32.2. The number of hydrogen-bond acceptors (Lipinski definition) is 3. The topological polar surface area (TPSA) is 49.4 Å². The van der Waals surface area contributed by atoms with Crippen LogP contribution in [0.5, 0.6) is 0 Å². The van der Waals surface area contributed by atoms with E-state index < -0.39 is 0 Å². The van der Waals surface area contributed by atoms with Gasteiger partial charge in [0.1, 0.15) is 6.54 Å². The van der Waals surface area contributed by atoms with Crippen molar-refractivity contribution in [3.05, 3.63) is 89.5 Å². The first-order chi connectivity index (χ1) is 14.5. The van der Waals surface area contributed by atoms with Crippen LogP contribution in [-0.4, -0.2) is 18.4 Å². The van der Waals surface area contributed by atoms with Crippen molar-refractivity contribution < 1.29 is 9.59 Å². The summed E-state index contributed by atoms with van der Waals surface area (Å²) >= 11 is 1.68. The summed E-state index contributed by atoms with van der Waals surface area (Å²) < 4.78 is 0. The maximum absolute atomic E-state index is 13.2. The zero-order valence-corrected chi connectivity index (χ0v) is 17.9. The molecule has 2 amide bonds. The minimum Gasteiger partial charge on any atom is -0.324 e. The summed E-state index contributed by atoms with van der Waals surface area (Å²) in [6, 6.07) is 23.8. The summed E-state index contributed by atoms with van der Waals surface area (Å²) in [7, 11) is 0. The van der Waals surface area contributed by atoms with Gasteiger partial charge in [0.25, 0.3) is 0 Å². The van der Waals surface area contributed by atoms with Gasteiger partial charge < -0.3 is 10.2 Å². The van der Waals surface area contributed by atoms with Gasteiger partial charge in [-0.1, -0.05) is 54.6 Å². The summed E-state index contributed by atoms with van der Waals surface area (Å²) in [4.78, 5) is 28.7. The van der Waals surface area contributed by atoms with Crippen LogP contribution in [0.15, 0.2) is 77.7 Å². The Morgan fingerprint density at radius 3 is 2.57 bits per heavy atom. The van der Waals surface area contributed by atoms with Gasteiger partial charge in [0.15, 0.2) is 0 Å². The van der Waals surface area contributed by atoms with E-state index in [9.17, 15) is 9.59 Å². The third kappa shape index (κ3) is 4.41. The van der Waals surface area contributed by atoms with Gasteiger partial charge in [0.2, 0.25) is 11.8 Å². The van der Waals surface area contributed by atoms with Crippen molar-refractivity contribution in [3.8, 4) is 0 Å². The van der Waals surface area contributed by atoms with Gasteiger partial charge in [-0.05, 0) is 48.7 Å². The van der Waals surface area contributed by atoms with E-state index in [1.54, 1.807) is 16.7 Å². The Morgan fingerprint density at radius 2 is 1.77 bits per heavy atom. The van der Waals surface area contributed by atoms with Crippen molar-refractivity contribution in [1.29, 1.82) is 0 Å². The highest BCUT2D eigenvalue weighted by Gasteiger charge is 2.30. The lowest BCUT2D eigenvalue weighted by molar-refractivity contribution is -0.121. The van der Waals surface area contributed by atoms with E-state index >= 15 is 0 Å². The fourth-order valence-electron chi connectivity index (χ4n) is 3.61. The predicted molar refractivity (Wildman–Crippen MR) is 123 cm³/mol. The molecular formula is C25H24N2O2S. The zero-order chi connectivity index (χ0) is 21.1. The van der Waals surface area contributed by atoms with Gasteiger partial charge >= 0.3 is 0 Å². The number of rotatable bonds is 4. The van der Waals surface area contributed by atoms with Crippen LogP contribution in [0.25, 0.3) is 0 Å². The monoisotopic (exact) mass is 416 g/mol. The maximum atomic E-state index is 13.2. The molecule has 3 aromatic rings. The first-order valence-electron chi connectivity index (χ1n) is 9.99. The summed E-state index contributed by atoms with van der Waals surface area (Å²) in [5.41, 5.74) is 4.77. The van der Waals surface area contributed by atoms with E-state index in [0.29, 0.717) is 6.42 Å². The number of nitrogens with one attached hydrogen (secondary N) is 1. The van der Waals surface area contributed by atoms with Gasteiger partial charge in [0, 0.05) is 22.3 Å². The Kier molecular flexibility index (Phi) is 5.91. The van der Waals surface area contributed by atoms with Crippen LogP contribution in [0.1, 0.15) is 28.4 Å². The lowest BCUT2D eigenvalue weighted by Crippen LogP contribution is -2.38. The number of anilines is 2. The number of benzene rings is 3. The van der Waals surface area contributed by atoms with Crippen LogP contribution < -0.4 is 10.2 Å². The predicted octanol–water partition coefficient (Wildman–Crippen LogP) is 5.51. The first-order valence-corrected chi connectivity index (χ1v) is 10.9. The standard InChI is InChI=1S/C25H24N2O2S/c1-17-12-13-18(2)20(14-17)26-24(28)16-27-21-10-6-7-11-22(21)30-23(15-25(27)29)19-8-4-3-5-9-19/h3-14,23H,15-16H2,1-2H3,(H,26,28). The van der Waals surface area contributed by atoms with E-state index in [0.717, 1.165) is 33.0 Å². The van der Waals surface area contributed by atoms with Crippen molar-refractivity contribution >= 4 is 35.0 Å². The van der Waals surface area contributed by atoms with Crippen LogP contribution >= 0.6 is 11.8 Å². The van der Waals surface area contributed by atoms with E-state index in [4.69, 9.17) is 0 Å². The first kappa shape index (κ1) is 20.2. The fourth-order valence-corrected chi connectivity index (χ4v) is 4.89. The molecule has 1 aliphatic heterocycles. The Bertz CT molecular complexity index is 1080. The number of amides is 2. The third-order valence-corrected chi connectivity index (χ3v) is 6.55. The molecule has 0 radical (unpaired) electrons. The molecule has 1 aliphatic rings. The third-order valence-electron chi connectivity index (χ3n) is 5.23. The summed E-state index contributed by atoms with van der Waals surface area (Å²) in [6.07, 6.45) is 0.347. The quantitative estimate of drug-likeness (QED) is 0.610. The summed E-state index contributed by atoms with van der Waals surface area (Å²) in [5, 5.41) is 2.99. The fraction of sp³-hybridized carbons (Fsp3) is 0.200. The molecule has 0 aromatic heterocycles. The van der Waals surface area contributed by atoms with Crippen LogP contribution in [0.3, 0.4) is 0 Å². The molecule has 1 atom stereocenters. The van der Waals surface area contributed by atoms with E-state index in [1.165, 1.54) is 0 Å². The lowest BCUT2D eigenvalue weighted by atomic mass is 10.1. The van der Waals surface area contributed by atoms with Crippen molar-refractivity contribution in [3.63, 3.8) is 0 Å². The minimum atomic E-state index is -0.199. The van der Waals surface area contributed by atoms with Gasteiger partial charge in [-0.15, -0.1) is 11.8 Å². The molecule has 0 spiro atoms. The Balaban J connectivity index is 1.59. The maximum Gasteiger partial charge on any atom is 0.244 e. The average molecular weight is 417 g/mol. The number of nitrogens with zero attached hydrogens (tertiary/aromatic N) is 1. The molecule has 0 saturated heterocycles. The number of hydrogen-bond donors (Lipinski definition) is 1. The zero-order valence-electron chi connectivity index (χ0n) is 17.1. The van der Waals surface area contributed by atoms with Crippen LogP contribution in [0, 0.1) is 13.8 Å². The van der Waals surface area contributed by atoms with Crippen molar-refractivity contribution in [1.82, 2.24) is 0 Å². The van der Waals surface area contributed by atoms with Gasteiger partial charge in [-0.2, -0.15) is 0 Å². The Labute approximate surface area is 181 Å². The van der Waals surface area contributed by atoms with E-state index in [-0.39, 0.29) is 23.6 Å². The summed E-state index contributed by atoms with van der Waals surface area (Å²) in [5.74, 6) is -0.243. The largest absolute Gasteiger partial charge is 0.324 e. The molecule has 0 saturated carbocycles. The van der Waals surface area contributed by atoms with Crippen molar-refractivity contribution in [2.45, 2.75) is 30.4 Å². The lowest BCUT2D eigenvalue weighted by Gasteiger charge is -2.22. The van der Waals surface area contributed by atoms with Crippen LogP contribution in [0.2, 0.25) is 0 Å². The molecule has 4 nitrogen and oxygen atoms in total. The normalized spacial score (nSPS) is 16.0. The molecule has 0 fully saturated rings. The molecular weight excluding hydrogens is 392 g/mol. The number of fused-ring (bicyclic) bond motifs is 1. The molecule has 30 heavy (non-hydrogen) atoms. The Hall–Kier alpha value is -3.05. The molecule has 0 bridgehead atoms. The van der Waals surface area contributed by atoms with Gasteiger partial charge in [0.05, 0.1) is 5.69 Å². The van der Waals surface area contributed by atoms with E-state index in [2.05, 4.69) is 17.4 Å². The number of carbonyl (C=O) groups is 2. The smallest absolute Gasteiger partial charge is 0.244 e. The number of para-hydroxylation sites is 1. The number of thioether (sulfide) groups is 1. The van der Waals surface area contributed by atoms with Crippen molar-refractivity contribution in [2.24, 2.45) is 0 Å². The second-order valence-corrected chi connectivity index (χ2v) is 8.78. The molecule has 0 aliphatic carbocycles. The van der Waals surface area contributed by atoms with Crippen LogP contribution in [0.4, 0.5) is 11.4 Å².